The van der Waals surface area contributed by atoms with Gasteiger partial charge in [-0.15, -0.1) is 0 Å². The van der Waals surface area contributed by atoms with E-state index in [1.165, 1.54) is 5.56 Å². The van der Waals surface area contributed by atoms with E-state index in [0.717, 1.165) is 31.7 Å². The lowest BCUT2D eigenvalue weighted by Gasteiger charge is -2.18. The van der Waals surface area contributed by atoms with E-state index in [1.54, 1.807) is 6.20 Å². The summed E-state index contributed by atoms with van der Waals surface area (Å²) < 4.78 is 0. The predicted octanol–water partition coefficient (Wildman–Crippen LogP) is 0.497. The quantitative estimate of drug-likeness (QED) is 0.780. The topological polar surface area (TPSA) is 62.4 Å². The Hall–Kier alpha value is -0.970. The summed E-state index contributed by atoms with van der Waals surface area (Å²) in [6, 6.07) is 4.04. The van der Waals surface area contributed by atoms with Gasteiger partial charge in [-0.3, -0.25) is 9.88 Å². The van der Waals surface area contributed by atoms with Gasteiger partial charge in [-0.1, -0.05) is 0 Å². The van der Waals surface area contributed by atoms with E-state index < -0.39 is 5.60 Å². The lowest BCUT2D eigenvalue weighted by Crippen LogP contribution is -2.29. The smallest absolute Gasteiger partial charge is 0.0758 e. The van der Waals surface area contributed by atoms with Gasteiger partial charge in [0, 0.05) is 32.4 Å². The maximum absolute atomic E-state index is 9.87. The summed E-state index contributed by atoms with van der Waals surface area (Å²) in [5.41, 5.74) is 7.17. The zero-order valence-electron chi connectivity index (χ0n) is 9.69. The summed E-state index contributed by atoms with van der Waals surface area (Å²) in [4.78, 5) is 6.43. The Labute approximate surface area is 96.1 Å². The number of hydrogen-bond acceptors (Lipinski definition) is 4. The molecule has 88 valence electrons. The number of aliphatic hydroxyl groups is 1. The predicted molar refractivity (Wildman–Crippen MR) is 62.6 cm³/mol. The molecule has 1 aliphatic rings. The number of pyridine rings is 1. The average molecular weight is 221 g/mol. The van der Waals surface area contributed by atoms with Crippen LogP contribution in [0.5, 0.6) is 0 Å². The number of hydrogen-bond donors (Lipinski definition) is 2. The molecule has 2 rings (SSSR count). The van der Waals surface area contributed by atoms with Crippen LogP contribution < -0.4 is 5.73 Å². The van der Waals surface area contributed by atoms with Crippen LogP contribution in [0.25, 0.3) is 0 Å². The van der Waals surface area contributed by atoms with Crippen LogP contribution in [-0.2, 0) is 13.1 Å². The third-order valence-electron chi connectivity index (χ3n) is 3.03. The third-order valence-corrected chi connectivity index (χ3v) is 3.03. The summed E-state index contributed by atoms with van der Waals surface area (Å²) in [6.45, 7) is 4.93. The van der Waals surface area contributed by atoms with Crippen molar-refractivity contribution in [1.29, 1.82) is 0 Å². The Kier molecular flexibility index (Phi) is 3.23. The number of aromatic nitrogens is 1. The van der Waals surface area contributed by atoms with Gasteiger partial charge in [0.2, 0.25) is 0 Å². The van der Waals surface area contributed by atoms with Crippen molar-refractivity contribution in [2.45, 2.75) is 32.0 Å². The van der Waals surface area contributed by atoms with Crippen LogP contribution in [0.3, 0.4) is 0 Å². The molecule has 0 spiro atoms. The van der Waals surface area contributed by atoms with Crippen molar-refractivity contribution in [3.05, 3.63) is 29.6 Å². The molecule has 1 aliphatic heterocycles. The van der Waals surface area contributed by atoms with Crippen LogP contribution in [0.2, 0.25) is 0 Å². The van der Waals surface area contributed by atoms with Crippen LogP contribution in [0.15, 0.2) is 18.3 Å². The number of β-amino-alcohol motifs (C(OH)–C–C–N with tert-alkyl or cyclic N) is 1. The molecule has 1 aromatic rings. The average Bonchev–Trinajstić information content (AvgIpc) is 2.58. The van der Waals surface area contributed by atoms with Gasteiger partial charge in [-0.25, -0.2) is 0 Å². The second kappa shape index (κ2) is 4.49. The molecule has 0 saturated carbocycles. The molecule has 1 unspecified atom stereocenters. The highest BCUT2D eigenvalue weighted by molar-refractivity contribution is 5.16. The highest BCUT2D eigenvalue weighted by Crippen LogP contribution is 2.21. The highest BCUT2D eigenvalue weighted by Gasteiger charge is 2.30. The van der Waals surface area contributed by atoms with Crippen molar-refractivity contribution in [2.75, 3.05) is 13.1 Å². The Morgan fingerprint density at radius 1 is 1.62 bits per heavy atom. The normalized spacial score (nSPS) is 26.2. The fourth-order valence-electron chi connectivity index (χ4n) is 2.17. The molecular weight excluding hydrogens is 202 g/mol. The largest absolute Gasteiger partial charge is 0.389 e. The molecule has 2 heterocycles. The Morgan fingerprint density at radius 3 is 3.06 bits per heavy atom. The molecule has 0 aromatic carbocycles. The van der Waals surface area contributed by atoms with Gasteiger partial charge in [0.25, 0.3) is 0 Å². The zero-order chi connectivity index (χ0) is 11.6. The van der Waals surface area contributed by atoms with E-state index in [2.05, 4.69) is 9.88 Å². The van der Waals surface area contributed by atoms with E-state index in [-0.39, 0.29) is 0 Å². The SMILES string of the molecule is CC1(O)CCN(Cc2ccnc(CN)c2)C1. The number of likely N-dealkylation sites (tertiary alicyclic amines) is 1. The van der Waals surface area contributed by atoms with Gasteiger partial charge >= 0.3 is 0 Å². The fourth-order valence-corrected chi connectivity index (χ4v) is 2.17. The van der Waals surface area contributed by atoms with Gasteiger partial charge in [-0.05, 0) is 31.0 Å². The molecule has 0 amide bonds. The van der Waals surface area contributed by atoms with Crippen LogP contribution in [-0.4, -0.2) is 33.7 Å². The minimum atomic E-state index is -0.524. The van der Waals surface area contributed by atoms with Crippen molar-refractivity contribution >= 4 is 0 Å². The van der Waals surface area contributed by atoms with Crippen molar-refractivity contribution in [3.63, 3.8) is 0 Å². The molecular formula is C12H19N3O. The molecule has 1 saturated heterocycles. The van der Waals surface area contributed by atoms with Crippen LogP contribution >= 0.6 is 0 Å². The van der Waals surface area contributed by atoms with E-state index in [1.807, 2.05) is 19.1 Å². The molecule has 4 heteroatoms. The van der Waals surface area contributed by atoms with Gasteiger partial charge in [0.15, 0.2) is 0 Å². The Morgan fingerprint density at radius 2 is 2.44 bits per heavy atom. The summed E-state index contributed by atoms with van der Waals surface area (Å²) in [5, 5.41) is 9.87. The maximum Gasteiger partial charge on any atom is 0.0758 e. The van der Waals surface area contributed by atoms with Gasteiger partial charge < -0.3 is 10.8 Å². The molecule has 0 bridgehead atoms. The van der Waals surface area contributed by atoms with Crippen molar-refractivity contribution in [3.8, 4) is 0 Å². The summed E-state index contributed by atoms with van der Waals surface area (Å²) in [7, 11) is 0. The monoisotopic (exact) mass is 221 g/mol. The second-order valence-corrected chi connectivity index (χ2v) is 4.82. The van der Waals surface area contributed by atoms with Crippen LogP contribution in [0.1, 0.15) is 24.6 Å². The standard InChI is InChI=1S/C12H19N3O/c1-12(16)3-5-15(9-12)8-10-2-4-14-11(6-10)7-13/h2,4,6,16H,3,5,7-9,13H2,1H3. The number of nitrogens with zero attached hydrogens (tertiary/aromatic N) is 2. The van der Waals surface area contributed by atoms with Crippen molar-refractivity contribution in [1.82, 2.24) is 9.88 Å². The Bertz CT molecular complexity index is 365. The van der Waals surface area contributed by atoms with Gasteiger partial charge in [-0.2, -0.15) is 0 Å². The molecule has 1 aromatic heterocycles. The minimum Gasteiger partial charge on any atom is -0.389 e. The first-order valence-corrected chi connectivity index (χ1v) is 5.68. The van der Waals surface area contributed by atoms with Crippen LogP contribution in [0.4, 0.5) is 0 Å². The molecule has 4 nitrogen and oxygen atoms in total. The number of rotatable bonds is 3. The first kappa shape index (κ1) is 11.5. The fraction of sp³-hybridized carbons (Fsp3) is 0.583. The number of nitrogens with two attached hydrogens (primary N) is 1. The third kappa shape index (κ3) is 2.78. The Balaban J connectivity index is 1.99. The van der Waals surface area contributed by atoms with Crippen LogP contribution in [0, 0.1) is 0 Å². The summed E-state index contributed by atoms with van der Waals surface area (Å²) in [6.07, 6.45) is 2.65. The molecule has 0 aliphatic carbocycles. The zero-order valence-corrected chi connectivity index (χ0v) is 9.69. The maximum atomic E-state index is 9.87. The second-order valence-electron chi connectivity index (χ2n) is 4.82. The van der Waals surface area contributed by atoms with E-state index in [9.17, 15) is 5.11 Å². The lowest BCUT2D eigenvalue weighted by atomic mass is 10.1. The summed E-state index contributed by atoms with van der Waals surface area (Å²) in [5.74, 6) is 0. The van der Waals surface area contributed by atoms with E-state index in [4.69, 9.17) is 5.73 Å². The molecule has 0 radical (unpaired) electrons. The molecule has 3 N–H and O–H groups in total. The molecule has 1 fully saturated rings. The first-order chi connectivity index (χ1) is 7.59. The highest BCUT2D eigenvalue weighted by atomic mass is 16.3. The molecule has 1 atom stereocenters. The van der Waals surface area contributed by atoms with E-state index in [0.29, 0.717) is 6.54 Å². The van der Waals surface area contributed by atoms with Gasteiger partial charge in [0.1, 0.15) is 0 Å². The van der Waals surface area contributed by atoms with Crippen molar-refractivity contribution < 1.29 is 5.11 Å². The first-order valence-electron chi connectivity index (χ1n) is 5.68. The van der Waals surface area contributed by atoms with E-state index >= 15 is 0 Å². The summed E-state index contributed by atoms with van der Waals surface area (Å²) >= 11 is 0. The lowest BCUT2D eigenvalue weighted by molar-refractivity contribution is 0.0679. The molecule has 16 heavy (non-hydrogen) atoms. The van der Waals surface area contributed by atoms with Crippen molar-refractivity contribution in [2.24, 2.45) is 5.73 Å². The minimum absolute atomic E-state index is 0.478. The van der Waals surface area contributed by atoms with Gasteiger partial charge in [0.05, 0.1) is 11.3 Å².